The van der Waals surface area contributed by atoms with Crippen LogP contribution >= 0.6 is 11.3 Å². The van der Waals surface area contributed by atoms with Gasteiger partial charge in [-0.3, -0.25) is 14.8 Å². The number of ketones is 1. The SMILES string of the molecule is CCCNCc1ccc(-c2cc3nccc(Oc4ccc(CC(=O)CC5CC5)c(F)c4F)c3s2)nc1. The normalized spacial score (nSPS) is 13.3. The molecule has 1 aliphatic rings. The number of halogens is 2. The minimum absolute atomic E-state index is 0.0585. The number of fused-ring (bicyclic) bond motifs is 1. The second kappa shape index (κ2) is 10.8. The van der Waals surface area contributed by atoms with Crippen molar-refractivity contribution in [2.24, 2.45) is 5.92 Å². The number of carbonyl (C=O) groups is 1. The van der Waals surface area contributed by atoms with Crippen LogP contribution in [-0.2, 0) is 17.8 Å². The molecule has 0 unspecified atom stereocenters. The minimum Gasteiger partial charge on any atom is -0.453 e. The van der Waals surface area contributed by atoms with Gasteiger partial charge in [0.05, 0.1) is 20.8 Å². The molecule has 0 bridgehead atoms. The second-order valence-corrected chi connectivity index (χ2v) is 10.2. The van der Waals surface area contributed by atoms with Crippen molar-refractivity contribution < 1.29 is 18.3 Å². The van der Waals surface area contributed by atoms with Crippen LogP contribution in [0.3, 0.4) is 0 Å². The van der Waals surface area contributed by atoms with Crippen LogP contribution in [0.5, 0.6) is 11.5 Å². The molecule has 3 aromatic heterocycles. The lowest BCUT2D eigenvalue weighted by Gasteiger charge is -2.10. The van der Waals surface area contributed by atoms with Crippen molar-refractivity contribution in [2.75, 3.05) is 6.54 Å². The number of thiophene rings is 1. The lowest BCUT2D eigenvalue weighted by molar-refractivity contribution is -0.118. The smallest absolute Gasteiger partial charge is 0.201 e. The highest BCUT2D eigenvalue weighted by molar-refractivity contribution is 7.22. The van der Waals surface area contributed by atoms with Gasteiger partial charge in [-0.05, 0) is 61.1 Å². The highest BCUT2D eigenvalue weighted by Gasteiger charge is 2.25. The van der Waals surface area contributed by atoms with E-state index in [9.17, 15) is 13.6 Å². The molecule has 1 fully saturated rings. The van der Waals surface area contributed by atoms with Crippen molar-refractivity contribution in [2.45, 2.75) is 45.6 Å². The molecule has 4 aromatic rings. The monoisotopic (exact) mass is 507 g/mol. The molecular formula is C28H27F2N3O2S. The molecule has 0 radical (unpaired) electrons. The highest BCUT2D eigenvalue weighted by Crippen LogP contribution is 2.39. The molecule has 1 saturated carbocycles. The number of ether oxygens (including phenoxy) is 1. The first kappa shape index (κ1) is 24.5. The Bertz CT molecular complexity index is 1380. The molecule has 186 valence electrons. The molecule has 0 saturated heterocycles. The molecule has 0 atom stereocenters. The summed E-state index contributed by atoms with van der Waals surface area (Å²) in [5.74, 6) is -1.63. The number of benzene rings is 1. The van der Waals surface area contributed by atoms with E-state index in [-0.39, 0.29) is 23.5 Å². The summed E-state index contributed by atoms with van der Waals surface area (Å²) in [6.07, 6.45) is 6.91. The lowest BCUT2D eigenvalue weighted by Crippen LogP contribution is -2.13. The van der Waals surface area contributed by atoms with Crippen LogP contribution in [-0.4, -0.2) is 22.3 Å². The maximum absolute atomic E-state index is 14.9. The largest absolute Gasteiger partial charge is 0.453 e. The average Bonchev–Trinajstić information content (AvgIpc) is 3.58. The van der Waals surface area contributed by atoms with Gasteiger partial charge in [-0.25, -0.2) is 4.39 Å². The molecule has 3 heterocycles. The molecule has 0 spiro atoms. The van der Waals surface area contributed by atoms with E-state index < -0.39 is 11.6 Å². The summed E-state index contributed by atoms with van der Waals surface area (Å²) in [4.78, 5) is 22.0. The first-order valence-electron chi connectivity index (χ1n) is 12.2. The van der Waals surface area contributed by atoms with E-state index in [2.05, 4.69) is 22.2 Å². The van der Waals surface area contributed by atoms with Gasteiger partial charge < -0.3 is 10.1 Å². The number of hydrogen-bond donors (Lipinski definition) is 1. The fourth-order valence-corrected chi connectivity index (χ4v) is 5.08. The summed E-state index contributed by atoms with van der Waals surface area (Å²) in [5.41, 5.74) is 2.65. The van der Waals surface area contributed by atoms with Crippen LogP contribution in [0.4, 0.5) is 8.78 Å². The molecule has 0 amide bonds. The zero-order valence-electron chi connectivity index (χ0n) is 20.0. The van der Waals surface area contributed by atoms with Crippen molar-refractivity contribution in [1.82, 2.24) is 15.3 Å². The summed E-state index contributed by atoms with van der Waals surface area (Å²) in [7, 11) is 0. The minimum atomic E-state index is -1.09. The molecule has 1 aliphatic carbocycles. The standard InChI is InChI=1S/C28H27F2N3O2S/c1-2-10-31-15-18-5-7-21(33-16-18)25-14-22-28(36-25)24(9-11-32-22)35-23-8-6-19(26(29)27(23)30)13-20(34)12-17-3-4-17/h5-9,11,14,16-17,31H,2-4,10,12-13,15H2,1H3. The van der Waals surface area contributed by atoms with E-state index in [1.54, 1.807) is 12.3 Å². The molecule has 1 N–H and O–H groups in total. The van der Waals surface area contributed by atoms with E-state index in [4.69, 9.17) is 4.74 Å². The van der Waals surface area contributed by atoms with Gasteiger partial charge in [-0.2, -0.15) is 4.39 Å². The third-order valence-electron chi connectivity index (χ3n) is 6.16. The number of rotatable bonds is 11. The molecule has 8 heteroatoms. The van der Waals surface area contributed by atoms with E-state index in [1.165, 1.54) is 23.5 Å². The molecular weight excluding hydrogens is 480 g/mol. The van der Waals surface area contributed by atoms with Crippen molar-refractivity contribution >= 4 is 27.3 Å². The Morgan fingerprint density at radius 3 is 2.72 bits per heavy atom. The van der Waals surface area contributed by atoms with E-state index in [0.717, 1.165) is 48.5 Å². The van der Waals surface area contributed by atoms with Crippen molar-refractivity contribution in [3.63, 3.8) is 0 Å². The molecule has 1 aromatic carbocycles. The number of hydrogen-bond acceptors (Lipinski definition) is 6. The van der Waals surface area contributed by atoms with Gasteiger partial charge in [0.25, 0.3) is 0 Å². The summed E-state index contributed by atoms with van der Waals surface area (Å²) in [5, 5.41) is 3.36. The predicted molar refractivity (Wildman–Crippen MR) is 137 cm³/mol. The maximum Gasteiger partial charge on any atom is 0.201 e. The van der Waals surface area contributed by atoms with Gasteiger partial charge in [0.15, 0.2) is 11.6 Å². The van der Waals surface area contributed by atoms with E-state index in [1.807, 2.05) is 24.4 Å². The van der Waals surface area contributed by atoms with Crippen molar-refractivity contribution in [1.29, 1.82) is 0 Å². The molecule has 36 heavy (non-hydrogen) atoms. The predicted octanol–water partition coefficient (Wildman–Crippen LogP) is 6.84. The average molecular weight is 508 g/mol. The Kier molecular flexibility index (Phi) is 7.34. The topological polar surface area (TPSA) is 64.1 Å². The molecule has 5 rings (SSSR count). The third kappa shape index (κ3) is 5.60. The van der Waals surface area contributed by atoms with Crippen molar-refractivity contribution in [3.05, 3.63) is 71.6 Å². The van der Waals surface area contributed by atoms with Gasteiger partial charge in [-0.15, -0.1) is 11.3 Å². The zero-order chi connectivity index (χ0) is 25.1. The summed E-state index contributed by atoms with van der Waals surface area (Å²) in [6, 6.07) is 10.4. The highest BCUT2D eigenvalue weighted by atomic mass is 32.1. The number of carbonyl (C=O) groups excluding carboxylic acids is 1. The lowest BCUT2D eigenvalue weighted by atomic mass is 10.0. The fourth-order valence-electron chi connectivity index (χ4n) is 4.04. The Labute approximate surface area is 212 Å². The van der Waals surface area contributed by atoms with Gasteiger partial charge in [-0.1, -0.05) is 19.1 Å². The number of nitrogens with one attached hydrogen (secondary N) is 1. The first-order chi connectivity index (χ1) is 17.5. The summed E-state index contributed by atoms with van der Waals surface area (Å²) in [6.45, 7) is 3.85. The first-order valence-corrected chi connectivity index (χ1v) is 13.0. The number of Topliss-reactive ketones (excluding diaryl/α,β-unsaturated/α-hetero) is 1. The van der Waals surface area contributed by atoms with Gasteiger partial charge in [0.2, 0.25) is 5.82 Å². The Morgan fingerprint density at radius 1 is 1.11 bits per heavy atom. The zero-order valence-corrected chi connectivity index (χ0v) is 20.8. The number of pyridine rings is 2. The van der Waals surface area contributed by atoms with Crippen LogP contribution < -0.4 is 10.1 Å². The number of nitrogens with zero attached hydrogens (tertiary/aromatic N) is 2. The number of aromatic nitrogens is 2. The Balaban J connectivity index is 1.34. The molecule has 5 nitrogen and oxygen atoms in total. The summed E-state index contributed by atoms with van der Waals surface area (Å²) >= 11 is 1.43. The Hall–Kier alpha value is -3.23. The summed E-state index contributed by atoms with van der Waals surface area (Å²) < 4.78 is 36.1. The van der Waals surface area contributed by atoms with E-state index in [0.29, 0.717) is 28.3 Å². The van der Waals surface area contributed by atoms with Crippen LogP contribution in [0.25, 0.3) is 20.8 Å². The van der Waals surface area contributed by atoms with Crippen molar-refractivity contribution in [3.8, 4) is 22.1 Å². The van der Waals surface area contributed by atoms with Gasteiger partial charge >= 0.3 is 0 Å². The van der Waals surface area contributed by atoms with E-state index >= 15 is 0 Å². The van der Waals surface area contributed by atoms with Gasteiger partial charge in [0.1, 0.15) is 11.5 Å². The maximum atomic E-state index is 14.9. The van der Waals surface area contributed by atoms with Crippen LogP contribution in [0, 0.1) is 17.6 Å². The van der Waals surface area contributed by atoms with Crippen LogP contribution in [0.1, 0.15) is 43.7 Å². The third-order valence-corrected chi connectivity index (χ3v) is 7.32. The second-order valence-electron chi connectivity index (χ2n) is 9.18. The van der Waals surface area contributed by atoms with Crippen LogP contribution in [0.2, 0.25) is 0 Å². The Morgan fingerprint density at radius 2 is 1.97 bits per heavy atom. The van der Waals surface area contributed by atoms with Gasteiger partial charge in [0, 0.05) is 37.8 Å². The fraction of sp³-hybridized carbons (Fsp3) is 0.321. The molecule has 0 aliphatic heterocycles. The quantitative estimate of drug-likeness (QED) is 0.225. The van der Waals surface area contributed by atoms with Crippen LogP contribution in [0.15, 0.2) is 48.8 Å².